The van der Waals surface area contributed by atoms with Crippen LogP contribution >= 0.6 is 11.3 Å². The third kappa shape index (κ3) is 4.26. The van der Waals surface area contributed by atoms with Gasteiger partial charge in [-0.15, -0.1) is 11.3 Å². The number of thiazole rings is 1. The van der Waals surface area contributed by atoms with E-state index in [0.29, 0.717) is 12.0 Å². The number of nitrogens with zero attached hydrogens (tertiary/aromatic N) is 5. The van der Waals surface area contributed by atoms with E-state index in [2.05, 4.69) is 49.6 Å². The lowest BCUT2D eigenvalue weighted by Crippen LogP contribution is -2.22. The second-order valence-corrected chi connectivity index (χ2v) is 7.60. The molecule has 0 saturated heterocycles. The van der Waals surface area contributed by atoms with Gasteiger partial charge in [0, 0.05) is 55.4 Å². The molecule has 0 bridgehead atoms. The van der Waals surface area contributed by atoms with E-state index in [9.17, 15) is 0 Å². The number of anilines is 1. The molecule has 2 aromatic heterocycles. The van der Waals surface area contributed by atoms with E-state index in [1.807, 2.05) is 42.7 Å². The van der Waals surface area contributed by atoms with Crippen molar-refractivity contribution in [2.24, 2.45) is 0 Å². The number of aryl methyl sites for hydroxylation is 1. The third-order valence-corrected chi connectivity index (χ3v) is 5.54. The molecule has 6 heteroatoms. The molecule has 0 aromatic carbocycles. The first-order chi connectivity index (χ1) is 10.8. The Labute approximate surface area is 143 Å². The molecule has 5 nitrogen and oxygen atoms in total. The molecule has 2 heterocycles. The molecule has 0 amide bonds. The monoisotopic (exact) mass is 333 g/mol. The zero-order valence-corrected chi connectivity index (χ0v) is 16.0. The summed E-state index contributed by atoms with van der Waals surface area (Å²) < 4.78 is 0. The van der Waals surface area contributed by atoms with Gasteiger partial charge in [0.25, 0.3) is 0 Å². The van der Waals surface area contributed by atoms with Crippen molar-refractivity contribution in [1.29, 1.82) is 0 Å². The lowest BCUT2D eigenvalue weighted by atomic mass is 10.2. The van der Waals surface area contributed by atoms with E-state index in [4.69, 9.17) is 4.98 Å². The van der Waals surface area contributed by atoms with Crippen molar-refractivity contribution in [2.75, 3.05) is 26.0 Å². The maximum Gasteiger partial charge on any atom is 0.224 e. The Morgan fingerprint density at radius 2 is 1.70 bits per heavy atom. The summed E-state index contributed by atoms with van der Waals surface area (Å²) >= 11 is 1.83. The highest BCUT2D eigenvalue weighted by Crippen LogP contribution is 2.32. The van der Waals surface area contributed by atoms with Crippen LogP contribution < -0.4 is 4.90 Å². The molecule has 126 valence electrons. The van der Waals surface area contributed by atoms with Crippen LogP contribution in [0, 0.1) is 6.92 Å². The van der Waals surface area contributed by atoms with Crippen molar-refractivity contribution in [1.82, 2.24) is 19.9 Å². The first-order valence-corrected chi connectivity index (χ1v) is 8.77. The summed E-state index contributed by atoms with van der Waals surface area (Å²) in [4.78, 5) is 19.1. The Balaban J connectivity index is 2.09. The minimum absolute atomic E-state index is 0.327. The summed E-state index contributed by atoms with van der Waals surface area (Å²) in [6, 6.07) is 0.327. The van der Waals surface area contributed by atoms with Crippen LogP contribution in [0.2, 0.25) is 0 Å². The van der Waals surface area contributed by atoms with Crippen LogP contribution in [-0.2, 0) is 6.54 Å². The largest absolute Gasteiger partial charge is 0.347 e. The van der Waals surface area contributed by atoms with Gasteiger partial charge in [-0.25, -0.2) is 15.0 Å². The van der Waals surface area contributed by atoms with Gasteiger partial charge in [0.05, 0.1) is 10.7 Å². The van der Waals surface area contributed by atoms with Gasteiger partial charge in [0.2, 0.25) is 5.95 Å². The van der Waals surface area contributed by atoms with Crippen LogP contribution in [-0.4, -0.2) is 41.0 Å². The summed E-state index contributed by atoms with van der Waals surface area (Å²) in [5.74, 6) is 1.22. The molecule has 0 spiro atoms. The van der Waals surface area contributed by atoms with Gasteiger partial charge < -0.3 is 4.90 Å². The Morgan fingerprint density at radius 3 is 2.17 bits per heavy atom. The smallest absolute Gasteiger partial charge is 0.224 e. The maximum absolute atomic E-state index is 4.71. The highest BCUT2D eigenvalue weighted by Gasteiger charge is 2.19. The predicted octanol–water partition coefficient (Wildman–Crippen LogP) is 3.62. The van der Waals surface area contributed by atoms with Crippen molar-refractivity contribution in [3.05, 3.63) is 33.5 Å². The first-order valence-electron chi connectivity index (χ1n) is 7.95. The Morgan fingerprint density at radius 1 is 1.09 bits per heavy atom. The fourth-order valence-electron chi connectivity index (χ4n) is 2.35. The Bertz CT molecular complexity index is 633. The van der Waals surface area contributed by atoms with Gasteiger partial charge in [-0.3, -0.25) is 4.90 Å². The molecule has 0 radical (unpaired) electrons. The second kappa shape index (κ2) is 7.36. The summed E-state index contributed by atoms with van der Waals surface area (Å²) in [6.07, 6.45) is 3.81. The van der Waals surface area contributed by atoms with Crippen LogP contribution in [0.15, 0.2) is 12.4 Å². The van der Waals surface area contributed by atoms with E-state index < -0.39 is 0 Å². The Hall–Kier alpha value is -1.53. The number of hydrogen-bond acceptors (Lipinski definition) is 6. The maximum atomic E-state index is 4.71. The van der Waals surface area contributed by atoms with E-state index in [1.165, 1.54) is 9.88 Å². The summed E-state index contributed by atoms with van der Waals surface area (Å²) in [6.45, 7) is 9.56. The van der Waals surface area contributed by atoms with Crippen LogP contribution in [0.1, 0.15) is 53.9 Å². The van der Waals surface area contributed by atoms with Crippen LogP contribution in [0.4, 0.5) is 5.95 Å². The minimum Gasteiger partial charge on any atom is -0.347 e. The van der Waals surface area contributed by atoms with Gasteiger partial charge in [-0.2, -0.15) is 0 Å². The van der Waals surface area contributed by atoms with Gasteiger partial charge in [-0.1, -0.05) is 13.8 Å². The molecule has 0 fully saturated rings. The molecule has 0 saturated carbocycles. The third-order valence-electron chi connectivity index (χ3n) is 3.91. The SMILES string of the molecule is Cc1nc(C(C)C)sc1[C@H](C)N(C)Cc1cnc(N(C)C)nc1. The lowest BCUT2D eigenvalue weighted by Gasteiger charge is -2.24. The van der Waals surface area contributed by atoms with Crippen molar-refractivity contribution in [3.63, 3.8) is 0 Å². The van der Waals surface area contributed by atoms with Gasteiger partial charge >= 0.3 is 0 Å². The normalized spacial score (nSPS) is 12.9. The van der Waals surface area contributed by atoms with Crippen molar-refractivity contribution in [3.8, 4) is 0 Å². The van der Waals surface area contributed by atoms with E-state index >= 15 is 0 Å². The number of aromatic nitrogens is 3. The molecule has 0 aliphatic rings. The Kier molecular flexibility index (Phi) is 5.70. The molecule has 23 heavy (non-hydrogen) atoms. The summed E-state index contributed by atoms with van der Waals surface area (Å²) in [5, 5.41) is 1.22. The fraction of sp³-hybridized carbons (Fsp3) is 0.588. The summed E-state index contributed by atoms with van der Waals surface area (Å²) in [5.41, 5.74) is 2.27. The highest BCUT2D eigenvalue weighted by atomic mass is 32.1. The molecular formula is C17H27N5S. The molecule has 0 aliphatic carbocycles. The van der Waals surface area contributed by atoms with Crippen molar-refractivity contribution >= 4 is 17.3 Å². The van der Waals surface area contributed by atoms with E-state index in [1.54, 1.807) is 0 Å². The predicted molar refractivity (Wildman–Crippen MR) is 97.2 cm³/mol. The van der Waals surface area contributed by atoms with Gasteiger partial charge in [-0.05, 0) is 20.9 Å². The zero-order valence-electron chi connectivity index (χ0n) is 15.2. The molecule has 1 atom stereocenters. The molecule has 2 rings (SSSR count). The van der Waals surface area contributed by atoms with Crippen LogP contribution in [0.3, 0.4) is 0 Å². The van der Waals surface area contributed by atoms with Crippen LogP contribution in [0.5, 0.6) is 0 Å². The average molecular weight is 334 g/mol. The number of rotatable bonds is 6. The van der Waals surface area contributed by atoms with Gasteiger partial charge in [0.15, 0.2) is 0 Å². The molecule has 2 aromatic rings. The standard InChI is InChI=1S/C17H27N5S/c1-11(2)16-20-12(3)15(23-16)13(4)22(7)10-14-8-18-17(19-9-14)21(5)6/h8-9,11,13H,10H2,1-7H3/t13-/m0/s1. The van der Waals surface area contributed by atoms with Gasteiger partial charge in [0.1, 0.15) is 0 Å². The van der Waals surface area contributed by atoms with Crippen molar-refractivity contribution in [2.45, 2.75) is 46.2 Å². The van der Waals surface area contributed by atoms with Crippen LogP contribution in [0.25, 0.3) is 0 Å². The molecule has 0 unspecified atom stereocenters. The minimum atomic E-state index is 0.327. The fourth-order valence-corrected chi connectivity index (χ4v) is 3.54. The van der Waals surface area contributed by atoms with E-state index in [-0.39, 0.29) is 0 Å². The van der Waals surface area contributed by atoms with E-state index in [0.717, 1.165) is 23.8 Å². The summed E-state index contributed by atoms with van der Waals surface area (Å²) in [7, 11) is 6.03. The number of hydrogen-bond donors (Lipinski definition) is 0. The molecular weight excluding hydrogens is 306 g/mol. The first kappa shape index (κ1) is 17.8. The van der Waals surface area contributed by atoms with Crippen molar-refractivity contribution < 1.29 is 0 Å². The molecule has 0 N–H and O–H groups in total. The average Bonchev–Trinajstić information content (AvgIpc) is 2.89. The highest BCUT2D eigenvalue weighted by molar-refractivity contribution is 7.11. The second-order valence-electron chi connectivity index (χ2n) is 6.53. The molecule has 0 aliphatic heterocycles. The zero-order chi connectivity index (χ0) is 17.1. The lowest BCUT2D eigenvalue weighted by molar-refractivity contribution is 0.255. The topological polar surface area (TPSA) is 45.2 Å². The quantitative estimate of drug-likeness (QED) is 0.808.